The molecule has 2 aromatic carbocycles. The predicted molar refractivity (Wildman–Crippen MR) is 128 cm³/mol. The number of fused-ring (bicyclic) bond motifs is 1. The highest BCUT2D eigenvalue weighted by atomic mass is 32.2. The van der Waals surface area contributed by atoms with Crippen molar-refractivity contribution in [2.75, 3.05) is 16.9 Å². The summed E-state index contributed by atoms with van der Waals surface area (Å²) >= 11 is 5.00. The van der Waals surface area contributed by atoms with Gasteiger partial charge in [0.1, 0.15) is 5.76 Å². The minimum absolute atomic E-state index is 0.00653. The number of hydrogen-bond acceptors (Lipinski definition) is 6. The minimum Gasteiger partial charge on any atom is -0.467 e. The van der Waals surface area contributed by atoms with E-state index in [9.17, 15) is 4.79 Å². The molecule has 2 heterocycles. The molecule has 0 saturated heterocycles. The normalized spacial score (nSPS) is 11.1. The zero-order chi connectivity index (χ0) is 20.9. The quantitative estimate of drug-likeness (QED) is 0.284. The third kappa shape index (κ3) is 4.74. The van der Waals surface area contributed by atoms with Gasteiger partial charge >= 0.3 is 0 Å². The van der Waals surface area contributed by atoms with Gasteiger partial charge in [0.2, 0.25) is 5.91 Å². The molecule has 1 amide bonds. The Bertz CT molecular complexity index is 1120. The third-order valence-electron chi connectivity index (χ3n) is 4.61. The van der Waals surface area contributed by atoms with Gasteiger partial charge in [-0.05, 0) is 54.0 Å². The second kappa shape index (κ2) is 9.73. The molecule has 0 aliphatic heterocycles. The Balaban J connectivity index is 1.63. The zero-order valence-corrected chi connectivity index (χ0v) is 19.3. The average Bonchev–Trinajstić information content (AvgIpc) is 3.42. The van der Waals surface area contributed by atoms with Gasteiger partial charge in [0.15, 0.2) is 5.13 Å². The maximum absolute atomic E-state index is 13.3. The van der Waals surface area contributed by atoms with E-state index < -0.39 is 0 Å². The van der Waals surface area contributed by atoms with E-state index in [1.807, 2.05) is 36.6 Å². The molecule has 0 N–H and O–H groups in total. The van der Waals surface area contributed by atoms with Crippen molar-refractivity contribution in [1.29, 1.82) is 0 Å². The van der Waals surface area contributed by atoms with E-state index in [1.54, 1.807) is 46.0 Å². The lowest BCUT2D eigenvalue weighted by molar-refractivity contribution is -0.118. The summed E-state index contributed by atoms with van der Waals surface area (Å²) in [5.74, 6) is 1.78. The van der Waals surface area contributed by atoms with Gasteiger partial charge in [0, 0.05) is 9.79 Å². The molecule has 7 heteroatoms. The number of para-hydroxylation sites is 1. The van der Waals surface area contributed by atoms with Crippen molar-refractivity contribution in [3.8, 4) is 0 Å². The number of carbonyl (C=O) groups is 1. The molecule has 0 aliphatic rings. The first-order valence-electron chi connectivity index (χ1n) is 9.66. The summed E-state index contributed by atoms with van der Waals surface area (Å²) in [6.45, 7) is 2.50. The van der Waals surface area contributed by atoms with Crippen LogP contribution in [0.3, 0.4) is 0 Å². The smallest absolute Gasteiger partial charge is 0.233 e. The summed E-state index contributed by atoms with van der Waals surface area (Å²) in [7, 11) is 0. The van der Waals surface area contributed by atoms with Gasteiger partial charge in [-0.2, -0.15) is 0 Å². The average molecular weight is 455 g/mol. The number of furan rings is 1. The fourth-order valence-electron chi connectivity index (χ4n) is 3.15. The maximum atomic E-state index is 13.3. The number of nitrogens with zero attached hydrogens (tertiary/aromatic N) is 2. The van der Waals surface area contributed by atoms with Crippen LogP contribution >= 0.6 is 34.9 Å². The highest BCUT2D eigenvalue weighted by Crippen LogP contribution is 2.35. The molecule has 30 heavy (non-hydrogen) atoms. The predicted octanol–water partition coefficient (Wildman–Crippen LogP) is 6.50. The zero-order valence-electron chi connectivity index (χ0n) is 16.8. The second-order valence-electron chi connectivity index (χ2n) is 6.62. The van der Waals surface area contributed by atoms with Crippen LogP contribution in [0.25, 0.3) is 10.2 Å². The molecule has 0 aliphatic carbocycles. The lowest BCUT2D eigenvalue weighted by Crippen LogP contribution is -2.31. The molecule has 0 spiro atoms. The molecule has 154 valence electrons. The van der Waals surface area contributed by atoms with Crippen molar-refractivity contribution in [2.45, 2.75) is 29.7 Å². The fourth-order valence-corrected chi connectivity index (χ4v) is 5.45. The number of carbonyl (C=O) groups excluding carboxylic acids is 1. The van der Waals surface area contributed by atoms with E-state index in [1.165, 1.54) is 4.90 Å². The Labute approximate surface area is 188 Å². The van der Waals surface area contributed by atoms with Crippen molar-refractivity contribution in [2.24, 2.45) is 0 Å². The number of rotatable bonds is 8. The van der Waals surface area contributed by atoms with Crippen LogP contribution in [0.2, 0.25) is 0 Å². The Morgan fingerprint density at radius 3 is 2.67 bits per heavy atom. The van der Waals surface area contributed by atoms with E-state index in [4.69, 9.17) is 9.40 Å². The van der Waals surface area contributed by atoms with Crippen LogP contribution in [0.1, 0.15) is 18.2 Å². The topological polar surface area (TPSA) is 46.3 Å². The highest BCUT2D eigenvalue weighted by molar-refractivity contribution is 7.99. The van der Waals surface area contributed by atoms with Crippen LogP contribution in [0, 0.1) is 0 Å². The van der Waals surface area contributed by atoms with Gasteiger partial charge in [-0.3, -0.25) is 9.69 Å². The second-order valence-corrected chi connectivity index (χ2v) is 9.81. The minimum atomic E-state index is 0.00653. The first-order chi connectivity index (χ1) is 14.7. The van der Waals surface area contributed by atoms with Crippen LogP contribution in [0.4, 0.5) is 5.13 Å². The van der Waals surface area contributed by atoms with Gasteiger partial charge in [0.25, 0.3) is 0 Å². The molecule has 4 rings (SSSR count). The molecule has 0 fully saturated rings. The molecule has 0 radical (unpaired) electrons. The monoisotopic (exact) mass is 454 g/mol. The number of thiazole rings is 1. The molecule has 2 aromatic heterocycles. The largest absolute Gasteiger partial charge is 0.467 e. The number of thioether (sulfide) groups is 2. The SMILES string of the molecule is CCSc1ccc(CC(=O)N(Cc2ccco2)c2nc3c(SC)cccc3s2)cc1. The van der Waals surface area contributed by atoms with Crippen molar-refractivity contribution in [3.63, 3.8) is 0 Å². The summed E-state index contributed by atoms with van der Waals surface area (Å²) in [4.78, 5) is 22.2. The van der Waals surface area contributed by atoms with Crippen LogP contribution in [-0.4, -0.2) is 22.9 Å². The Kier molecular flexibility index (Phi) is 6.82. The van der Waals surface area contributed by atoms with E-state index >= 15 is 0 Å². The standard InChI is InChI=1S/C23H22N2O2S3/c1-3-29-18-11-9-16(10-12-18)14-21(26)25(15-17-6-5-13-27-17)23-24-22-19(28-2)7-4-8-20(22)30-23/h4-13H,3,14-15H2,1-2H3. The first-order valence-corrected chi connectivity index (χ1v) is 12.7. The van der Waals surface area contributed by atoms with Crippen LogP contribution in [0.15, 0.2) is 75.1 Å². The lowest BCUT2D eigenvalue weighted by Gasteiger charge is -2.19. The van der Waals surface area contributed by atoms with E-state index in [-0.39, 0.29) is 5.91 Å². The number of hydrogen-bond donors (Lipinski definition) is 0. The van der Waals surface area contributed by atoms with Crippen molar-refractivity contribution >= 4 is 56.1 Å². The molecule has 0 saturated carbocycles. The molecular formula is C23H22N2O2S3. The molecule has 0 unspecified atom stereocenters. The first kappa shape index (κ1) is 21.0. The Hall–Kier alpha value is -2.22. The van der Waals surface area contributed by atoms with Gasteiger partial charge in [-0.25, -0.2) is 4.98 Å². The number of benzene rings is 2. The highest BCUT2D eigenvalue weighted by Gasteiger charge is 2.22. The number of anilines is 1. The maximum Gasteiger partial charge on any atom is 0.233 e. The van der Waals surface area contributed by atoms with Gasteiger partial charge in [0.05, 0.1) is 29.4 Å². The van der Waals surface area contributed by atoms with Crippen LogP contribution < -0.4 is 4.90 Å². The van der Waals surface area contributed by atoms with Crippen molar-refractivity contribution in [1.82, 2.24) is 4.98 Å². The molecule has 0 bridgehead atoms. The summed E-state index contributed by atoms with van der Waals surface area (Å²) in [5.41, 5.74) is 1.94. The van der Waals surface area contributed by atoms with Crippen LogP contribution in [0.5, 0.6) is 0 Å². The van der Waals surface area contributed by atoms with E-state index in [2.05, 4.69) is 31.2 Å². The van der Waals surface area contributed by atoms with Crippen molar-refractivity contribution < 1.29 is 9.21 Å². The van der Waals surface area contributed by atoms with Crippen LogP contribution in [-0.2, 0) is 17.8 Å². The number of aromatic nitrogens is 1. The Morgan fingerprint density at radius 1 is 1.13 bits per heavy atom. The van der Waals surface area contributed by atoms with Gasteiger partial charge in [-0.15, -0.1) is 23.5 Å². The summed E-state index contributed by atoms with van der Waals surface area (Å²) in [5, 5.41) is 0.700. The summed E-state index contributed by atoms with van der Waals surface area (Å²) < 4.78 is 6.60. The molecule has 4 nitrogen and oxygen atoms in total. The number of amides is 1. The summed E-state index contributed by atoms with van der Waals surface area (Å²) in [6, 6.07) is 18.1. The van der Waals surface area contributed by atoms with E-state index in [0.29, 0.717) is 18.1 Å². The van der Waals surface area contributed by atoms with Crippen molar-refractivity contribution in [3.05, 3.63) is 72.2 Å². The third-order valence-corrected chi connectivity index (χ3v) is 7.31. The molecule has 0 atom stereocenters. The molecule has 4 aromatic rings. The summed E-state index contributed by atoms with van der Waals surface area (Å²) in [6.07, 6.45) is 4.00. The van der Waals surface area contributed by atoms with Gasteiger partial charge in [-0.1, -0.05) is 36.5 Å². The molecular weight excluding hydrogens is 432 g/mol. The van der Waals surface area contributed by atoms with Gasteiger partial charge < -0.3 is 4.42 Å². The fraction of sp³-hybridized carbons (Fsp3) is 0.217. The lowest BCUT2D eigenvalue weighted by atomic mass is 10.1. The Morgan fingerprint density at radius 2 is 1.97 bits per heavy atom. The van der Waals surface area contributed by atoms with E-state index in [0.717, 1.165) is 32.2 Å².